The fourth-order valence-electron chi connectivity index (χ4n) is 1.93. The van der Waals surface area contributed by atoms with Gasteiger partial charge in [0.2, 0.25) is 0 Å². The molecule has 0 atom stereocenters. The summed E-state index contributed by atoms with van der Waals surface area (Å²) in [5.41, 5.74) is 10.3. The molecule has 0 amide bonds. The van der Waals surface area contributed by atoms with E-state index in [0.717, 1.165) is 17.1 Å². The van der Waals surface area contributed by atoms with Crippen LogP contribution in [-0.2, 0) is 6.54 Å². The van der Waals surface area contributed by atoms with Crippen molar-refractivity contribution >= 4 is 0 Å². The van der Waals surface area contributed by atoms with Crippen LogP contribution in [0, 0.1) is 20.8 Å². The summed E-state index contributed by atoms with van der Waals surface area (Å²) in [6.45, 7) is 6.82. The lowest BCUT2D eigenvalue weighted by atomic mass is 10.1. The summed E-state index contributed by atoms with van der Waals surface area (Å²) in [6, 6.07) is 12.1. The highest BCUT2D eigenvalue weighted by atomic mass is 16.5. The number of hydrogen-bond donors (Lipinski definition) is 1. The molecule has 2 heteroatoms. The van der Waals surface area contributed by atoms with E-state index in [1.807, 2.05) is 24.3 Å². The topological polar surface area (TPSA) is 35.2 Å². The van der Waals surface area contributed by atoms with Crippen LogP contribution in [0.15, 0.2) is 36.4 Å². The van der Waals surface area contributed by atoms with Crippen molar-refractivity contribution in [1.82, 2.24) is 0 Å². The van der Waals surface area contributed by atoms with Crippen molar-refractivity contribution < 1.29 is 4.74 Å². The van der Waals surface area contributed by atoms with E-state index in [1.54, 1.807) is 0 Å². The summed E-state index contributed by atoms with van der Waals surface area (Å²) in [5.74, 6) is 1.77. The minimum absolute atomic E-state index is 0.558. The van der Waals surface area contributed by atoms with Crippen LogP contribution in [-0.4, -0.2) is 0 Å². The summed E-state index contributed by atoms with van der Waals surface area (Å²) in [6.07, 6.45) is 0. The Hall–Kier alpha value is -1.80. The van der Waals surface area contributed by atoms with Gasteiger partial charge in [-0.1, -0.05) is 18.2 Å². The first-order chi connectivity index (χ1) is 8.60. The highest BCUT2D eigenvalue weighted by Crippen LogP contribution is 2.28. The Bertz CT molecular complexity index is 544. The minimum atomic E-state index is 0.558. The third-order valence-corrected chi connectivity index (χ3v) is 3.15. The highest BCUT2D eigenvalue weighted by molar-refractivity contribution is 5.44. The van der Waals surface area contributed by atoms with Gasteiger partial charge >= 0.3 is 0 Å². The molecule has 0 heterocycles. The summed E-state index contributed by atoms with van der Waals surface area (Å²) in [7, 11) is 0. The summed E-state index contributed by atoms with van der Waals surface area (Å²) in [4.78, 5) is 0. The Morgan fingerprint density at radius 2 is 1.67 bits per heavy atom. The molecule has 0 saturated carbocycles. The second-order valence-corrected chi connectivity index (χ2v) is 4.66. The van der Waals surface area contributed by atoms with Crippen LogP contribution in [0.25, 0.3) is 0 Å². The molecule has 2 aromatic carbocycles. The quantitative estimate of drug-likeness (QED) is 0.885. The van der Waals surface area contributed by atoms with Crippen molar-refractivity contribution in [3.05, 3.63) is 58.7 Å². The summed E-state index contributed by atoms with van der Waals surface area (Å²) >= 11 is 0. The molecule has 0 radical (unpaired) electrons. The Balaban J connectivity index is 2.27. The van der Waals surface area contributed by atoms with Crippen molar-refractivity contribution in [2.45, 2.75) is 27.3 Å². The molecule has 0 saturated heterocycles. The molecular formula is C16H19NO. The zero-order valence-corrected chi connectivity index (χ0v) is 11.2. The first-order valence-corrected chi connectivity index (χ1v) is 6.15. The van der Waals surface area contributed by atoms with Crippen LogP contribution >= 0.6 is 0 Å². The lowest BCUT2D eigenvalue weighted by Crippen LogP contribution is -1.96. The van der Waals surface area contributed by atoms with Crippen molar-refractivity contribution in [1.29, 1.82) is 0 Å². The van der Waals surface area contributed by atoms with Crippen LogP contribution < -0.4 is 10.5 Å². The first kappa shape index (κ1) is 12.7. The average Bonchev–Trinajstić information content (AvgIpc) is 2.36. The predicted molar refractivity (Wildman–Crippen MR) is 75.1 cm³/mol. The van der Waals surface area contributed by atoms with Crippen LogP contribution in [0.1, 0.15) is 22.3 Å². The van der Waals surface area contributed by atoms with E-state index in [9.17, 15) is 0 Å². The molecule has 0 aromatic heterocycles. The number of benzene rings is 2. The molecule has 2 N–H and O–H groups in total. The van der Waals surface area contributed by atoms with Crippen LogP contribution in [0.3, 0.4) is 0 Å². The van der Waals surface area contributed by atoms with Gasteiger partial charge in [0, 0.05) is 6.54 Å². The number of nitrogens with two attached hydrogens (primary N) is 1. The highest BCUT2D eigenvalue weighted by Gasteiger charge is 2.05. The van der Waals surface area contributed by atoms with Gasteiger partial charge < -0.3 is 10.5 Å². The van der Waals surface area contributed by atoms with Gasteiger partial charge in [-0.15, -0.1) is 0 Å². The molecule has 0 fully saturated rings. The molecule has 18 heavy (non-hydrogen) atoms. The van der Waals surface area contributed by atoms with Gasteiger partial charge in [-0.3, -0.25) is 0 Å². The Morgan fingerprint density at radius 3 is 2.28 bits per heavy atom. The van der Waals surface area contributed by atoms with Gasteiger partial charge in [-0.2, -0.15) is 0 Å². The number of aryl methyl sites for hydroxylation is 2. The van der Waals surface area contributed by atoms with Crippen LogP contribution in [0.4, 0.5) is 0 Å². The van der Waals surface area contributed by atoms with Crippen molar-refractivity contribution in [3.63, 3.8) is 0 Å². The number of rotatable bonds is 3. The largest absolute Gasteiger partial charge is 0.457 e. The number of ether oxygens (including phenoxy) is 1. The molecule has 0 spiro atoms. The maximum Gasteiger partial charge on any atom is 0.130 e. The Labute approximate surface area is 108 Å². The van der Waals surface area contributed by atoms with Gasteiger partial charge in [0.25, 0.3) is 0 Å². The third-order valence-electron chi connectivity index (χ3n) is 3.15. The Kier molecular flexibility index (Phi) is 3.68. The van der Waals surface area contributed by atoms with E-state index < -0.39 is 0 Å². The molecule has 0 aliphatic rings. The van der Waals surface area contributed by atoms with Crippen molar-refractivity contribution in [2.24, 2.45) is 5.73 Å². The van der Waals surface area contributed by atoms with E-state index in [2.05, 4.69) is 32.9 Å². The van der Waals surface area contributed by atoms with E-state index in [-0.39, 0.29) is 0 Å². The molecule has 2 aromatic rings. The standard InChI is InChI=1S/C16H19NO/c1-11-8-12(2)13(3)16(9-11)18-15-6-4-14(10-17)5-7-15/h4-9H,10,17H2,1-3H3. The van der Waals surface area contributed by atoms with Gasteiger partial charge in [-0.05, 0) is 61.2 Å². The molecule has 2 rings (SSSR count). The van der Waals surface area contributed by atoms with Gasteiger partial charge in [0.05, 0.1) is 0 Å². The fourth-order valence-corrected chi connectivity index (χ4v) is 1.93. The molecule has 0 aliphatic heterocycles. The minimum Gasteiger partial charge on any atom is -0.457 e. The van der Waals surface area contributed by atoms with Gasteiger partial charge in [-0.25, -0.2) is 0 Å². The smallest absolute Gasteiger partial charge is 0.130 e. The van der Waals surface area contributed by atoms with Crippen molar-refractivity contribution in [2.75, 3.05) is 0 Å². The maximum atomic E-state index is 5.93. The molecule has 0 aliphatic carbocycles. The number of hydrogen-bond acceptors (Lipinski definition) is 2. The summed E-state index contributed by atoms with van der Waals surface area (Å²) in [5, 5.41) is 0. The van der Waals surface area contributed by atoms with E-state index >= 15 is 0 Å². The first-order valence-electron chi connectivity index (χ1n) is 6.15. The van der Waals surface area contributed by atoms with E-state index in [0.29, 0.717) is 6.54 Å². The molecule has 2 nitrogen and oxygen atoms in total. The second-order valence-electron chi connectivity index (χ2n) is 4.66. The lowest BCUT2D eigenvalue weighted by Gasteiger charge is -2.12. The zero-order valence-electron chi connectivity index (χ0n) is 11.2. The maximum absolute atomic E-state index is 5.93. The molecule has 0 unspecified atom stereocenters. The SMILES string of the molecule is Cc1cc(C)c(C)c(Oc2ccc(CN)cc2)c1. The van der Waals surface area contributed by atoms with Crippen LogP contribution in [0.2, 0.25) is 0 Å². The van der Waals surface area contributed by atoms with Crippen molar-refractivity contribution in [3.8, 4) is 11.5 Å². The third kappa shape index (κ3) is 2.71. The van der Waals surface area contributed by atoms with E-state index in [1.165, 1.54) is 16.7 Å². The van der Waals surface area contributed by atoms with Gasteiger partial charge in [0.15, 0.2) is 0 Å². The summed E-state index contributed by atoms with van der Waals surface area (Å²) < 4.78 is 5.93. The second kappa shape index (κ2) is 5.23. The van der Waals surface area contributed by atoms with E-state index in [4.69, 9.17) is 10.5 Å². The normalized spacial score (nSPS) is 10.4. The predicted octanol–water partition coefficient (Wildman–Crippen LogP) is 3.86. The molecule has 94 valence electrons. The molecular weight excluding hydrogens is 222 g/mol. The molecule has 0 bridgehead atoms. The Morgan fingerprint density at radius 1 is 1.00 bits per heavy atom. The van der Waals surface area contributed by atoms with Gasteiger partial charge in [0.1, 0.15) is 11.5 Å². The zero-order chi connectivity index (χ0) is 13.1. The fraction of sp³-hybridized carbons (Fsp3) is 0.250. The average molecular weight is 241 g/mol. The lowest BCUT2D eigenvalue weighted by molar-refractivity contribution is 0.477. The van der Waals surface area contributed by atoms with Crippen LogP contribution in [0.5, 0.6) is 11.5 Å². The monoisotopic (exact) mass is 241 g/mol.